The maximum atomic E-state index is 11.5. The van der Waals surface area contributed by atoms with E-state index in [0.29, 0.717) is 12.0 Å². The van der Waals surface area contributed by atoms with Crippen molar-refractivity contribution in [2.24, 2.45) is 0 Å². The molecule has 0 heterocycles. The molecule has 2 aromatic rings. The van der Waals surface area contributed by atoms with Crippen molar-refractivity contribution in [3.8, 4) is 0 Å². The molecule has 4 nitrogen and oxygen atoms in total. The van der Waals surface area contributed by atoms with Crippen molar-refractivity contribution in [2.75, 3.05) is 0 Å². The lowest BCUT2D eigenvalue weighted by Crippen LogP contribution is -2.25. The van der Waals surface area contributed by atoms with Gasteiger partial charge in [0, 0.05) is 25.8 Å². The number of hydrogen-bond acceptors (Lipinski definition) is 4. The smallest absolute Gasteiger partial charge is 0.305 e. The third-order valence-corrected chi connectivity index (χ3v) is 3.94. The number of aryl methyl sites for hydroxylation is 1. The van der Waals surface area contributed by atoms with E-state index in [1.165, 1.54) is 19.4 Å². The Kier molecular flexibility index (Phi) is 7.80. The number of carbonyl (C=O) groups is 2. The van der Waals surface area contributed by atoms with Crippen molar-refractivity contribution in [1.29, 1.82) is 0 Å². The molecule has 0 amide bonds. The first kappa shape index (κ1) is 20.4. The highest BCUT2D eigenvalue weighted by molar-refractivity contribution is 5.69. The normalized spacial score (nSPS) is 11.3. The second-order valence-electron chi connectivity index (χ2n) is 6.43. The molecule has 0 aliphatic rings. The molecule has 0 aliphatic carbocycles. The minimum Gasteiger partial charge on any atom is -0.421 e. The number of ether oxygens (including phenoxy) is 2. The van der Waals surface area contributed by atoms with E-state index in [2.05, 4.69) is 19.1 Å². The van der Waals surface area contributed by atoms with Crippen LogP contribution in [-0.2, 0) is 31.9 Å². The number of carbonyl (C=O) groups excluding carboxylic acids is 2. The van der Waals surface area contributed by atoms with Crippen LogP contribution in [0.15, 0.2) is 60.2 Å². The largest absolute Gasteiger partial charge is 0.421 e. The van der Waals surface area contributed by atoms with Crippen LogP contribution in [0.3, 0.4) is 0 Å². The van der Waals surface area contributed by atoms with Crippen molar-refractivity contribution < 1.29 is 19.1 Å². The molecule has 0 aromatic heterocycles. The van der Waals surface area contributed by atoms with E-state index in [-0.39, 0.29) is 0 Å². The summed E-state index contributed by atoms with van der Waals surface area (Å²) in [5, 5.41) is 0. The first-order chi connectivity index (χ1) is 13.0. The minimum atomic E-state index is -1.05. The molecule has 2 rings (SSSR count). The van der Waals surface area contributed by atoms with Crippen molar-refractivity contribution in [1.82, 2.24) is 0 Å². The maximum absolute atomic E-state index is 11.5. The van der Waals surface area contributed by atoms with Crippen LogP contribution in [0.1, 0.15) is 43.9 Å². The SMILES string of the molecule is CCCc1cccc(/C=C(\Cc2ccccc2)C(OC(C)=O)OC(C)=O)c1. The molecule has 0 saturated heterocycles. The van der Waals surface area contributed by atoms with Crippen molar-refractivity contribution in [3.05, 3.63) is 76.9 Å². The van der Waals surface area contributed by atoms with Crippen LogP contribution in [0.2, 0.25) is 0 Å². The van der Waals surface area contributed by atoms with E-state index in [1.54, 1.807) is 0 Å². The fourth-order valence-corrected chi connectivity index (χ4v) is 2.85. The predicted molar refractivity (Wildman–Crippen MR) is 106 cm³/mol. The van der Waals surface area contributed by atoms with Gasteiger partial charge in [0.05, 0.1) is 0 Å². The summed E-state index contributed by atoms with van der Waals surface area (Å²) in [6.45, 7) is 4.75. The minimum absolute atomic E-state index is 0.500. The van der Waals surface area contributed by atoms with Crippen LogP contribution in [0, 0.1) is 0 Å². The van der Waals surface area contributed by atoms with E-state index in [0.717, 1.165) is 24.0 Å². The topological polar surface area (TPSA) is 52.6 Å². The van der Waals surface area contributed by atoms with Crippen molar-refractivity contribution >= 4 is 18.0 Å². The monoisotopic (exact) mass is 366 g/mol. The highest BCUT2D eigenvalue weighted by Gasteiger charge is 2.21. The summed E-state index contributed by atoms with van der Waals surface area (Å²) in [5.41, 5.74) is 3.97. The summed E-state index contributed by atoms with van der Waals surface area (Å²) < 4.78 is 10.6. The molecule has 0 saturated carbocycles. The Labute approximate surface area is 160 Å². The van der Waals surface area contributed by atoms with Gasteiger partial charge >= 0.3 is 11.9 Å². The van der Waals surface area contributed by atoms with Gasteiger partial charge in [-0.05, 0) is 29.2 Å². The Morgan fingerprint density at radius 1 is 0.926 bits per heavy atom. The Balaban J connectivity index is 2.41. The highest BCUT2D eigenvalue weighted by Crippen LogP contribution is 2.21. The van der Waals surface area contributed by atoms with Crippen molar-refractivity contribution in [2.45, 2.75) is 46.3 Å². The van der Waals surface area contributed by atoms with Gasteiger partial charge in [-0.15, -0.1) is 0 Å². The van der Waals surface area contributed by atoms with Gasteiger partial charge in [-0.1, -0.05) is 67.9 Å². The van der Waals surface area contributed by atoms with Crippen LogP contribution in [0.25, 0.3) is 6.08 Å². The van der Waals surface area contributed by atoms with Gasteiger partial charge in [0.25, 0.3) is 6.29 Å². The van der Waals surface area contributed by atoms with E-state index in [9.17, 15) is 9.59 Å². The van der Waals surface area contributed by atoms with Gasteiger partial charge in [-0.3, -0.25) is 9.59 Å². The summed E-state index contributed by atoms with van der Waals surface area (Å²) in [5.74, 6) is -1.00. The lowest BCUT2D eigenvalue weighted by atomic mass is 10.00. The zero-order valence-electron chi connectivity index (χ0n) is 16.1. The van der Waals surface area contributed by atoms with Gasteiger partial charge in [0.1, 0.15) is 0 Å². The molecule has 2 aromatic carbocycles. The Morgan fingerprint density at radius 3 is 2.15 bits per heavy atom. The van der Waals surface area contributed by atoms with Crippen LogP contribution in [0.5, 0.6) is 0 Å². The maximum Gasteiger partial charge on any atom is 0.305 e. The molecule has 0 radical (unpaired) electrons. The molecule has 4 heteroatoms. The summed E-state index contributed by atoms with van der Waals surface area (Å²) in [4.78, 5) is 23.1. The quantitative estimate of drug-likeness (QED) is 0.501. The first-order valence-corrected chi connectivity index (χ1v) is 9.15. The van der Waals surface area contributed by atoms with E-state index < -0.39 is 18.2 Å². The summed E-state index contributed by atoms with van der Waals surface area (Å²) >= 11 is 0. The van der Waals surface area contributed by atoms with Gasteiger partial charge in [-0.2, -0.15) is 0 Å². The lowest BCUT2D eigenvalue weighted by molar-refractivity contribution is -0.178. The molecule has 27 heavy (non-hydrogen) atoms. The predicted octanol–water partition coefficient (Wildman–Crippen LogP) is 4.72. The second kappa shape index (κ2) is 10.3. The third-order valence-electron chi connectivity index (χ3n) is 3.94. The first-order valence-electron chi connectivity index (χ1n) is 9.15. The van der Waals surface area contributed by atoms with E-state index in [1.807, 2.05) is 48.5 Å². The molecular weight excluding hydrogens is 340 g/mol. The molecule has 0 unspecified atom stereocenters. The zero-order valence-corrected chi connectivity index (χ0v) is 16.1. The Hall–Kier alpha value is -2.88. The number of benzene rings is 2. The molecule has 0 spiro atoms. The fourth-order valence-electron chi connectivity index (χ4n) is 2.85. The Bertz CT molecular complexity index is 777. The molecule has 0 bridgehead atoms. The van der Waals surface area contributed by atoms with E-state index >= 15 is 0 Å². The fraction of sp³-hybridized carbons (Fsp3) is 0.304. The summed E-state index contributed by atoms with van der Waals surface area (Å²) in [6.07, 6.45) is 3.45. The number of rotatable bonds is 8. The third kappa shape index (κ3) is 7.10. The van der Waals surface area contributed by atoms with E-state index in [4.69, 9.17) is 9.47 Å². The standard InChI is InChI=1S/C23H26O4/c1-4-9-19-12-8-13-21(14-19)16-22(15-20-10-6-5-7-11-20)23(26-17(2)24)27-18(3)25/h5-8,10-14,16,23H,4,9,15H2,1-3H3/b22-16+. The zero-order chi connectivity index (χ0) is 19.6. The average Bonchev–Trinajstić information content (AvgIpc) is 2.61. The average molecular weight is 366 g/mol. The van der Waals surface area contributed by atoms with Crippen LogP contribution >= 0.6 is 0 Å². The van der Waals surface area contributed by atoms with Crippen LogP contribution in [-0.4, -0.2) is 18.2 Å². The van der Waals surface area contributed by atoms with Crippen molar-refractivity contribution in [3.63, 3.8) is 0 Å². The van der Waals surface area contributed by atoms with Gasteiger partial charge < -0.3 is 9.47 Å². The Morgan fingerprint density at radius 2 is 1.56 bits per heavy atom. The van der Waals surface area contributed by atoms with Gasteiger partial charge in [0.15, 0.2) is 0 Å². The molecule has 0 atom stereocenters. The number of hydrogen-bond donors (Lipinski definition) is 0. The molecular formula is C23H26O4. The number of esters is 2. The highest BCUT2D eigenvalue weighted by atomic mass is 16.7. The molecule has 0 N–H and O–H groups in total. The molecule has 0 aliphatic heterocycles. The summed E-state index contributed by atoms with van der Waals surface area (Å²) in [6, 6.07) is 18.0. The molecule has 142 valence electrons. The molecule has 0 fully saturated rings. The van der Waals surface area contributed by atoms with Crippen LogP contribution in [0.4, 0.5) is 0 Å². The second-order valence-corrected chi connectivity index (χ2v) is 6.43. The summed E-state index contributed by atoms with van der Waals surface area (Å²) in [7, 11) is 0. The van der Waals surface area contributed by atoms with Gasteiger partial charge in [0.2, 0.25) is 0 Å². The van der Waals surface area contributed by atoms with Crippen LogP contribution < -0.4 is 0 Å². The lowest BCUT2D eigenvalue weighted by Gasteiger charge is -2.20. The van der Waals surface area contributed by atoms with Gasteiger partial charge in [-0.25, -0.2) is 0 Å².